The minimum atomic E-state index is -0.582. The molecule has 0 aromatic carbocycles. The molecule has 0 aliphatic heterocycles. The van der Waals surface area contributed by atoms with Crippen LogP contribution in [0.2, 0.25) is 0 Å². The number of amides is 1. The summed E-state index contributed by atoms with van der Waals surface area (Å²) in [5.41, 5.74) is 0.227. The number of aryl methyl sites for hydroxylation is 1. The Morgan fingerprint density at radius 1 is 1.44 bits per heavy atom. The first-order valence-corrected chi connectivity index (χ1v) is 8.51. The standard InChI is InChI=1S/C17H22N4O4/c1-3-21-14-13(16(23)20-17(21)24)11(9-12(19-14)10-5-6-10)15(22)18-7-4-8-25-2/h9-10H,3-8H2,1-2H3,(H,18,22)(H,20,23,24). The lowest BCUT2D eigenvalue weighted by Gasteiger charge is -2.12. The second kappa shape index (κ2) is 7.18. The van der Waals surface area contributed by atoms with Gasteiger partial charge in [0.15, 0.2) is 5.65 Å². The van der Waals surface area contributed by atoms with Crippen LogP contribution in [-0.2, 0) is 11.3 Å². The van der Waals surface area contributed by atoms with Gasteiger partial charge in [-0.3, -0.25) is 19.1 Å². The Hall–Kier alpha value is -2.48. The molecule has 0 atom stereocenters. The van der Waals surface area contributed by atoms with Gasteiger partial charge in [0.05, 0.1) is 10.9 Å². The van der Waals surface area contributed by atoms with E-state index in [1.165, 1.54) is 4.57 Å². The molecule has 8 nitrogen and oxygen atoms in total. The van der Waals surface area contributed by atoms with Crippen LogP contribution >= 0.6 is 0 Å². The van der Waals surface area contributed by atoms with Crippen molar-refractivity contribution in [3.8, 4) is 0 Å². The van der Waals surface area contributed by atoms with Crippen molar-refractivity contribution in [2.24, 2.45) is 0 Å². The van der Waals surface area contributed by atoms with Crippen LogP contribution in [0.25, 0.3) is 11.0 Å². The number of aromatic amines is 1. The molecule has 1 aliphatic rings. The van der Waals surface area contributed by atoms with Gasteiger partial charge in [0, 0.05) is 38.4 Å². The van der Waals surface area contributed by atoms with Crippen LogP contribution in [0.15, 0.2) is 15.7 Å². The van der Waals surface area contributed by atoms with Crippen LogP contribution in [0.4, 0.5) is 0 Å². The van der Waals surface area contributed by atoms with Crippen LogP contribution < -0.4 is 16.6 Å². The number of pyridine rings is 1. The summed E-state index contributed by atoms with van der Waals surface area (Å²) in [7, 11) is 1.60. The lowest BCUT2D eigenvalue weighted by molar-refractivity contribution is 0.0950. The second-order valence-corrected chi connectivity index (χ2v) is 6.17. The summed E-state index contributed by atoms with van der Waals surface area (Å²) in [5.74, 6) is -0.0404. The van der Waals surface area contributed by atoms with E-state index in [2.05, 4.69) is 15.3 Å². The average molecular weight is 346 g/mol. The number of carbonyl (C=O) groups is 1. The Morgan fingerprint density at radius 2 is 2.20 bits per heavy atom. The van der Waals surface area contributed by atoms with Gasteiger partial charge < -0.3 is 10.1 Å². The smallest absolute Gasteiger partial charge is 0.329 e. The van der Waals surface area contributed by atoms with E-state index in [0.717, 1.165) is 18.5 Å². The first kappa shape index (κ1) is 17.3. The molecule has 0 saturated heterocycles. The zero-order valence-electron chi connectivity index (χ0n) is 14.4. The van der Waals surface area contributed by atoms with Gasteiger partial charge in [-0.05, 0) is 32.3 Å². The maximum Gasteiger partial charge on any atom is 0.329 e. The van der Waals surface area contributed by atoms with Gasteiger partial charge in [0.2, 0.25) is 0 Å². The quantitative estimate of drug-likeness (QED) is 0.720. The molecule has 8 heteroatoms. The molecule has 1 fully saturated rings. The van der Waals surface area contributed by atoms with E-state index in [1.54, 1.807) is 20.1 Å². The maximum atomic E-state index is 12.6. The van der Waals surface area contributed by atoms with Crippen molar-refractivity contribution in [1.29, 1.82) is 0 Å². The molecular formula is C17H22N4O4. The van der Waals surface area contributed by atoms with E-state index < -0.39 is 11.2 Å². The van der Waals surface area contributed by atoms with E-state index >= 15 is 0 Å². The van der Waals surface area contributed by atoms with Gasteiger partial charge in [0.25, 0.3) is 11.5 Å². The number of nitrogens with one attached hydrogen (secondary N) is 2. The van der Waals surface area contributed by atoms with E-state index in [0.29, 0.717) is 32.0 Å². The summed E-state index contributed by atoms with van der Waals surface area (Å²) >= 11 is 0. The predicted octanol–water partition coefficient (Wildman–Crippen LogP) is 0.748. The van der Waals surface area contributed by atoms with E-state index in [1.807, 2.05) is 0 Å². The minimum absolute atomic E-state index is 0.162. The fourth-order valence-corrected chi connectivity index (χ4v) is 2.87. The van der Waals surface area contributed by atoms with Gasteiger partial charge >= 0.3 is 5.69 Å². The molecule has 0 radical (unpaired) electrons. The minimum Gasteiger partial charge on any atom is -0.385 e. The third-order valence-electron chi connectivity index (χ3n) is 4.34. The average Bonchev–Trinajstić information content (AvgIpc) is 3.43. The molecule has 1 amide bonds. The van der Waals surface area contributed by atoms with Gasteiger partial charge in [0.1, 0.15) is 0 Å². The van der Waals surface area contributed by atoms with Gasteiger partial charge in [-0.2, -0.15) is 0 Å². The topological polar surface area (TPSA) is 106 Å². The highest BCUT2D eigenvalue weighted by molar-refractivity contribution is 6.05. The maximum absolute atomic E-state index is 12.6. The van der Waals surface area contributed by atoms with Crippen molar-refractivity contribution in [3.05, 3.63) is 38.2 Å². The number of rotatable bonds is 7. The lowest BCUT2D eigenvalue weighted by atomic mass is 10.1. The molecule has 25 heavy (non-hydrogen) atoms. The molecule has 134 valence electrons. The van der Waals surface area contributed by atoms with Crippen LogP contribution in [0.5, 0.6) is 0 Å². The molecule has 2 aromatic heterocycles. The number of fused-ring (bicyclic) bond motifs is 1. The number of hydrogen-bond donors (Lipinski definition) is 2. The highest BCUT2D eigenvalue weighted by Crippen LogP contribution is 2.39. The van der Waals surface area contributed by atoms with Crippen LogP contribution in [0.1, 0.15) is 48.2 Å². The fourth-order valence-electron chi connectivity index (χ4n) is 2.87. The van der Waals surface area contributed by atoms with Crippen molar-refractivity contribution < 1.29 is 9.53 Å². The van der Waals surface area contributed by atoms with Crippen molar-refractivity contribution in [1.82, 2.24) is 19.9 Å². The zero-order valence-corrected chi connectivity index (χ0v) is 14.4. The molecule has 0 unspecified atom stereocenters. The molecule has 1 saturated carbocycles. The van der Waals surface area contributed by atoms with E-state index in [4.69, 9.17) is 4.74 Å². The molecule has 0 bridgehead atoms. The van der Waals surface area contributed by atoms with Crippen molar-refractivity contribution >= 4 is 16.9 Å². The van der Waals surface area contributed by atoms with Crippen LogP contribution in [0.3, 0.4) is 0 Å². The van der Waals surface area contributed by atoms with Gasteiger partial charge in [-0.1, -0.05) is 0 Å². The molecular weight excluding hydrogens is 324 g/mol. The molecule has 0 spiro atoms. The number of carbonyl (C=O) groups excluding carboxylic acids is 1. The number of ether oxygens (including phenoxy) is 1. The summed E-state index contributed by atoms with van der Waals surface area (Å²) in [6.07, 6.45) is 2.69. The normalized spacial score (nSPS) is 14.0. The summed E-state index contributed by atoms with van der Waals surface area (Å²) in [4.78, 5) is 43.9. The molecule has 3 rings (SSSR count). The first-order chi connectivity index (χ1) is 12.1. The number of hydrogen-bond acceptors (Lipinski definition) is 5. The van der Waals surface area contributed by atoms with Gasteiger partial charge in [-0.15, -0.1) is 0 Å². The Morgan fingerprint density at radius 3 is 2.84 bits per heavy atom. The Balaban J connectivity index is 2.11. The van der Waals surface area contributed by atoms with E-state index in [9.17, 15) is 14.4 Å². The Kier molecular flexibility index (Phi) is 4.98. The molecule has 1 aliphatic carbocycles. The van der Waals surface area contributed by atoms with E-state index in [-0.39, 0.29) is 22.5 Å². The molecule has 2 heterocycles. The Labute approximate surface area is 144 Å². The van der Waals surface area contributed by atoms with Crippen molar-refractivity contribution in [2.75, 3.05) is 20.3 Å². The summed E-state index contributed by atoms with van der Waals surface area (Å²) < 4.78 is 6.36. The third-order valence-corrected chi connectivity index (χ3v) is 4.34. The van der Waals surface area contributed by atoms with Gasteiger partial charge in [-0.25, -0.2) is 9.78 Å². The predicted molar refractivity (Wildman–Crippen MR) is 93.1 cm³/mol. The highest BCUT2D eigenvalue weighted by Gasteiger charge is 2.28. The second-order valence-electron chi connectivity index (χ2n) is 6.17. The summed E-state index contributed by atoms with van der Waals surface area (Å²) in [6.45, 7) is 3.15. The zero-order chi connectivity index (χ0) is 18.0. The fraction of sp³-hybridized carbons (Fsp3) is 0.529. The summed E-state index contributed by atoms with van der Waals surface area (Å²) in [5, 5.41) is 2.97. The Bertz CT molecular complexity index is 911. The lowest BCUT2D eigenvalue weighted by Crippen LogP contribution is -2.33. The molecule has 2 N–H and O–H groups in total. The third kappa shape index (κ3) is 3.48. The van der Waals surface area contributed by atoms with Crippen molar-refractivity contribution in [2.45, 2.75) is 38.6 Å². The number of methoxy groups -OCH3 is 1. The summed E-state index contributed by atoms with van der Waals surface area (Å²) in [6, 6.07) is 1.69. The number of aromatic nitrogens is 3. The first-order valence-electron chi connectivity index (χ1n) is 8.51. The largest absolute Gasteiger partial charge is 0.385 e. The van der Waals surface area contributed by atoms with Crippen LogP contribution in [0, 0.1) is 0 Å². The molecule has 2 aromatic rings. The highest BCUT2D eigenvalue weighted by atomic mass is 16.5. The number of H-pyrrole nitrogens is 1. The number of nitrogens with zero attached hydrogens (tertiary/aromatic N) is 2. The SMILES string of the molecule is CCn1c(=O)[nH]c(=O)c2c(C(=O)NCCCOC)cc(C3CC3)nc21. The van der Waals surface area contributed by atoms with Crippen LogP contribution in [-0.4, -0.2) is 40.7 Å². The monoisotopic (exact) mass is 346 g/mol. The van der Waals surface area contributed by atoms with Crippen molar-refractivity contribution in [3.63, 3.8) is 0 Å².